The maximum Gasteiger partial charge on any atom is 0.306 e. The van der Waals surface area contributed by atoms with Gasteiger partial charge in [0.1, 0.15) is 43.2 Å². The van der Waals surface area contributed by atoms with Crippen LogP contribution in [0.2, 0.25) is 0 Å². The van der Waals surface area contributed by atoms with E-state index < -0.39 is 103 Å². The van der Waals surface area contributed by atoms with Crippen LogP contribution >= 0.6 is 0 Å². The topological polar surface area (TPSA) is 366 Å². The van der Waals surface area contributed by atoms with Crippen LogP contribution < -0.4 is 8.37 Å². The molecule has 0 fully saturated rings. The molecule has 30 heteroatoms. The molecule has 2 heterocycles. The van der Waals surface area contributed by atoms with Gasteiger partial charge in [-0.1, -0.05) is 12.1 Å². The SMILES string of the molecule is CS(=O)(=O)Oc1cc(-n2nc3ccc4c(S(=O)(=O)O)cc(S(=O)(=O)O)cc4c3n2)c(OS(C)(=O)=O)cc1-n1nc2ccc3c(S(=O)(=O)O)cc(S(=O)(=O)O)cc3c2n1. The normalized spacial score (nSPS) is 13.5. The second-order valence-electron chi connectivity index (χ2n) is 12.1. The van der Waals surface area contributed by atoms with Crippen molar-refractivity contribution in [1.29, 1.82) is 0 Å². The molecule has 306 valence electrons. The van der Waals surface area contributed by atoms with E-state index in [2.05, 4.69) is 20.4 Å². The fourth-order valence-corrected chi connectivity index (χ4v) is 9.36. The number of hydrogen-bond donors (Lipinski definition) is 4. The highest BCUT2D eigenvalue weighted by atomic mass is 32.2. The molecule has 0 radical (unpaired) electrons. The fraction of sp³-hybridized carbons (Fsp3) is 0.0714. The van der Waals surface area contributed by atoms with Crippen LogP contribution in [0.25, 0.3) is 55.0 Å². The highest BCUT2D eigenvalue weighted by molar-refractivity contribution is 7.87. The highest BCUT2D eigenvalue weighted by Gasteiger charge is 2.28. The van der Waals surface area contributed by atoms with E-state index in [9.17, 15) is 68.7 Å². The molecule has 5 aromatic carbocycles. The number of benzene rings is 5. The Kier molecular flexibility index (Phi) is 9.16. The van der Waals surface area contributed by atoms with Gasteiger partial charge >= 0.3 is 20.2 Å². The Hall–Kier alpha value is -5.44. The molecule has 7 aromatic rings. The minimum Gasteiger partial charge on any atom is -0.380 e. The minimum atomic E-state index is -5.13. The Morgan fingerprint density at radius 2 is 0.793 bits per heavy atom. The molecule has 0 amide bonds. The molecule has 0 aliphatic heterocycles. The Bertz CT molecular complexity index is 3440. The van der Waals surface area contributed by atoms with Gasteiger partial charge in [-0.3, -0.25) is 18.2 Å². The summed E-state index contributed by atoms with van der Waals surface area (Å²) in [5.41, 5.74) is -1.88. The van der Waals surface area contributed by atoms with Crippen LogP contribution in [0.15, 0.2) is 80.2 Å². The van der Waals surface area contributed by atoms with Gasteiger partial charge in [-0.15, -0.1) is 30.0 Å². The lowest BCUT2D eigenvalue weighted by Crippen LogP contribution is -2.14. The predicted molar refractivity (Wildman–Crippen MR) is 197 cm³/mol. The summed E-state index contributed by atoms with van der Waals surface area (Å²) in [6, 6.07) is 8.85. The maximum absolute atomic E-state index is 12.5. The quantitative estimate of drug-likeness (QED) is 0.110. The third kappa shape index (κ3) is 7.75. The Balaban J connectivity index is 1.53. The van der Waals surface area contributed by atoms with Gasteiger partial charge in [0.15, 0.2) is 11.5 Å². The van der Waals surface area contributed by atoms with Gasteiger partial charge in [0.25, 0.3) is 40.5 Å². The predicted octanol–water partition coefficient (Wildman–Crippen LogP) is 1.12. The van der Waals surface area contributed by atoms with Crippen molar-refractivity contribution < 1.29 is 77.1 Å². The first-order chi connectivity index (χ1) is 26.5. The van der Waals surface area contributed by atoms with Crippen LogP contribution in [0.3, 0.4) is 0 Å². The summed E-state index contributed by atoms with van der Waals surface area (Å²) in [6.45, 7) is 0. The molecule has 0 unspecified atom stereocenters. The smallest absolute Gasteiger partial charge is 0.306 e. The van der Waals surface area contributed by atoms with E-state index in [1.54, 1.807) is 0 Å². The number of fused-ring (bicyclic) bond motifs is 6. The maximum atomic E-state index is 12.5. The molecule has 2 aromatic heterocycles. The molecule has 0 aliphatic carbocycles. The van der Waals surface area contributed by atoms with Gasteiger partial charge in [0.2, 0.25) is 0 Å². The van der Waals surface area contributed by atoms with Crippen molar-refractivity contribution in [2.45, 2.75) is 19.6 Å². The van der Waals surface area contributed by atoms with Crippen molar-refractivity contribution in [1.82, 2.24) is 30.0 Å². The number of aromatic nitrogens is 6. The zero-order valence-corrected chi connectivity index (χ0v) is 33.3. The van der Waals surface area contributed by atoms with Crippen LogP contribution in [-0.4, -0.2) is 111 Å². The van der Waals surface area contributed by atoms with Crippen LogP contribution in [0.5, 0.6) is 11.5 Å². The standard InChI is InChI=1S/C28H20N6O18S6/c1-53(35,36)51-23-11-22(34-30-20-6-4-16-18(28(20)32-34)8-14(56(42,43)44)10-26(16)58(48,49)50)24(52-54(2,37)38)12-21(23)33-29-19-5-3-15-17(27(19)31-33)7-13(55(39,40)41)9-25(15)57(45,46)47/h3-12H,1-2H3,(H,39,40,41)(H,42,43,44)(H,45,46,47)(H,48,49,50). The van der Waals surface area contributed by atoms with E-state index in [0.717, 1.165) is 36.4 Å². The molecule has 0 spiro atoms. The zero-order chi connectivity index (χ0) is 42.7. The van der Waals surface area contributed by atoms with Gasteiger partial charge in [-0.05, 0) is 36.4 Å². The van der Waals surface area contributed by atoms with Crippen molar-refractivity contribution in [2.24, 2.45) is 0 Å². The van der Waals surface area contributed by atoms with Gasteiger partial charge in [0, 0.05) is 33.7 Å². The highest BCUT2D eigenvalue weighted by Crippen LogP contribution is 2.38. The molecule has 7 rings (SSSR count). The van der Waals surface area contributed by atoms with E-state index in [4.69, 9.17) is 8.37 Å². The molecular formula is C28H20N6O18S6. The minimum absolute atomic E-state index is 0.137. The Morgan fingerprint density at radius 1 is 0.448 bits per heavy atom. The van der Waals surface area contributed by atoms with Crippen LogP contribution in [0, 0.1) is 0 Å². The van der Waals surface area contributed by atoms with Gasteiger partial charge in [0.05, 0.1) is 22.3 Å². The lowest BCUT2D eigenvalue weighted by Gasteiger charge is -2.14. The summed E-state index contributed by atoms with van der Waals surface area (Å²) in [5.74, 6) is -1.37. The summed E-state index contributed by atoms with van der Waals surface area (Å²) in [4.78, 5) is -2.52. The van der Waals surface area contributed by atoms with E-state index in [1.807, 2.05) is 0 Å². The zero-order valence-electron chi connectivity index (χ0n) is 28.4. The van der Waals surface area contributed by atoms with Crippen molar-refractivity contribution in [2.75, 3.05) is 12.5 Å². The largest absolute Gasteiger partial charge is 0.380 e. The average Bonchev–Trinajstić information content (AvgIpc) is 3.70. The summed E-state index contributed by atoms with van der Waals surface area (Å²) in [6.07, 6.45) is 1.25. The summed E-state index contributed by atoms with van der Waals surface area (Å²) < 4.78 is 197. The first kappa shape index (κ1) is 40.7. The van der Waals surface area contributed by atoms with E-state index in [-0.39, 0.29) is 43.6 Å². The molecular weight excluding hydrogens is 901 g/mol. The van der Waals surface area contributed by atoms with Gasteiger partial charge < -0.3 is 8.37 Å². The first-order valence-corrected chi connectivity index (χ1v) is 24.4. The number of rotatable bonds is 10. The second kappa shape index (κ2) is 13.0. The first-order valence-electron chi connectivity index (χ1n) is 15.0. The van der Waals surface area contributed by atoms with E-state index >= 15 is 0 Å². The molecule has 0 saturated heterocycles. The third-order valence-electron chi connectivity index (χ3n) is 7.94. The lowest BCUT2D eigenvalue weighted by molar-refractivity contribution is 0.477. The lowest BCUT2D eigenvalue weighted by atomic mass is 10.1. The number of hydrogen-bond acceptors (Lipinski definition) is 18. The summed E-state index contributed by atoms with van der Waals surface area (Å²) in [5, 5.41) is 15.6. The molecule has 0 aliphatic rings. The van der Waals surface area contributed by atoms with Crippen molar-refractivity contribution >= 4 is 104 Å². The van der Waals surface area contributed by atoms with Crippen molar-refractivity contribution in [3.8, 4) is 22.9 Å². The molecule has 0 atom stereocenters. The van der Waals surface area contributed by atoms with Crippen molar-refractivity contribution in [3.05, 3.63) is 60.7 Å². The second-order valence-corrected chi connectivity index (χ2v) is 20.9. The van der Waals surface area contributed by atoms with Crippen LogP contribution in [0.1, 0.15) is 0 Å². The van der Waals surface area contributed by atoms with E-state index in [0.29, 0.717) is 34.2 Å². The fourth-order valence-electron chi connectivity index (χ4n) is 5.76. The van der Waals surface area contributed by atoms with Crippen molar-refractivity contribution in [3.63, 3.8) is 0 Å². The third-order valence-corrected chi connectivity index (χ3v) is 12.4. The van der Waals surface area contributed by atoms with Gasteiger partial charge in [-0.2, -0.15) is 50.5 Å². The Labute approximate surface area is 325 Å². The molecule has 4 N–H and O–H groups in total. The van der Waals surface area contributed by atoms with Crippen LogP contribution in [-0.2, 0) is 60.7 Å². The van der Waals surface area contributed by atoms with Gasteiger partial charge in [-0.25, -0.2) is 0 Å². The molecule has 24 nitrogen and oxygen atoms in total. The summed E-state index contributed by atoms with van der Waals surface area (Å²) in [7, 11) is -29.4. The van der Waals surface area contributed by atoms with Crippen LogP contribution in [0.4, 0.5) is 0 Å². The number of nitrogens with zero attached hydrogens (tertiary/aromatic N) is 6. The molecule has 0 bridgehead atoms. The molecule has 0 saturated carbocycles. The molecule has 58 heavy (non-hydrogen) atoms. The summed E-state index contributed by atoms with van der Waals surface area (Å²) >= 11 is 0. The monoisotopic (exact) mass is 920 g/mol. The van der Waals surface area contributed by atoms with E-state index in [1.165, 1.54) is 12.1 Å². The average molecular weight is 921 g/mol. The Morgan fingerprint density at radius 3 is 1.09 bits per heavy atom.